The summed E-state index contributed by atoms with van der Waals surface area (Å²) in [6.45, 7) is 4.87. The molecule has 1 aromatic rings. The van der Waals surface area contributed by atoms with Crippen LogP contribution in [0.2, 0.25) is 0 Å². The van der Waals surface area contributed by atoms with Crippen LogP contribution in [0.4, 0.5) is 5.69 Å². The van der Waals surface area contributed by atoms with Crippen molar-refractivity contribution in [3.63, 3.8) is 0 Å². The van der Waals surface area contributed by atoms with Gasteiger partial charge in [0.15, 0.2) is 0 Å². The molecule has 4 heteroatoms. The summed E-state index contributed by atoms with van der Waals surface area (Å²) in [5.41, 5.74) is 6.20. The summed E-state index contributed by atoms with van der Waals surface area (Å²) in [6.07, 6.45) is 1.21. The molecule has 94 valence electrons. The van der Waals surface area contributed by atoms with Crippen molar-refractivity contribution in [1.29, 1.82) is 0 Å². The van der Waals surface area contributed by atoms with E-state index >= 15 is 0 Å². The number of nitrogens with two attached hydrogens (primary N) is 1. The van der Waals surface area contributed by atoms with Crippen LogP contribution in [-0.2, 0) is 4.79 Å². The van der Waals surface area contributed by atoms with Gasteiger partial charge in [-0.15, -0.1) is 11.8 Å². The van der Waals surface area contributed by atoms with Crippen molar-refractivity contribution in [2.45, 2.75) is 36.8 Å². The molecular weight excluding hydrogens is 232 g/mol. The quantitative estimate of drug-likeness (QED) is 0.765. The molecule has 0 unspecified atom stereocenters. The molecule has 1 aromatic carbocycles. The molecule has 0 fully saturated rings. The fourth-order valence-corrected chi connectivity index (χ4v) is 2.21. The van der Waals surface area contributed by atoms with Gasteiger partial charge < -0.3 is 11.1 Å². The smallest absolute Gasteiger partial charge is 0.224 e. The Kier molecular flexibility index (Phi) is 6.08. The molecule has 0 heterocycles. The van der Waals surface area contributed by atoms with Gasteiger partial charge in [0.1, 0.15) is 0 Å². The Morgan fingerprint density at radius 1 is 1.35 bits per heavy atom. The first-order chi connectivity index (χ1) is 8.11. The lowest BCUT2D eigenvalue weighted by molar-refractivity contribution is -0.116. The van der Waals surface area contributed by atoms with Gasteiger partial charge in [-0.3, -0.25) is 4.79 Å². The Hall–Kier alpha value is -1.00. The standard InChI is InChI=1S/C13H20N2OS/c1-10(2)17-12-7-5-11(6-8-12)15-13(16)4-3-9-14/h5-8,10H,3-4,9,14H2,1-2H3,(H,15,16). The molecule has 1 amide bonds. The van der Waals surface area contributed by atoms with Crippen LogP contribution < -0.4 is 11.1 Å². The van der Waals surface area contributed by atoms with E-state index in [1.54, 1.807) is 0 Å². The van der Waals surface area contributed by atoms with Crippen LogP contribution in [0.1, 0.15) is 26.7 Å². The number of anilines is 1. The normalized spacial score (nSPS) is 10.6. The van der Waals surface area contributed by atoms with E-state index in [2.05, 4.69) is 19.2 Å². The van der Waals surface area contributed by atoms with E-state index in [1.807, 2.05) is 36.0 Å². The number of hydrogen-bond acceptors (Lipinski definition) is 3. The molecule has 0 radical (unpaired) electrons. The highest BCUT2D eigenvalue weighted by Crippen LogP contribution is 2.24. The second-order valence-electron chi connectivity index (χ2n) is 4.13. The van der Waals surface area contributed by atoms with Crippen LogP contribution in [0.25, 0.3) is 0 Å². The summed E-state index contributed by atoms with van der Waals surface area (Å²) < 4.78 is 0. The minimum atomic E-state index is 0.0275. The van der Waals surface area contributed by atoms with Gasteiger partial charge in [-0.2, -0.15) is 0 Å². The largest absolute Gasteiger partial charge is 0.330 e. The van der Waals surface area contributed by atoms with Crippen molar-refractivity contribution >= 4 is 23.4 Å². The highest BCUT2D eigenvalue weighted by molar-refractivity contribution is 7.99. The third kappa shape index (κ3) is 5.75. The highest BCUT2D eigenvalue weighted by atomic mass is 32.2. The van der Waals surface area contributed by atoms with Crippen LogP contribution in [0, 0.1) is 0 Å². The van der Waals surface area contributed by atoms with Gasteiger partial charge in [-0.05, 0) is 37.2 Å². The summed E-state index contributed by atoms with van der Waals surface area (Å²) >= 11 is 1.81. The van der Waals surface area contributed by atoms with E-state index in [0.717, 1.165) is 12.1 Å². The molecule has 0 saturated carbocycles. The van der Waals surface area contributed by atoms with E-state index in [0.29, 0.717) is 18.2 Å². The molecule has 1 rings (SSSR count). The first kappa shape index (κ1) is 14.1. The summed E-state index contributed by atoms with van der Waals surface area (Å²) in [5.74, 6) is 0.0275. The summed E-state index contributed by atoms with van der Waals surface area (Å²) in [6, 6.07) is 7.93. The van der Waals surface area contributed by atoms with Gasteiger partial charge >= 0.3 is 0 Å². The number of nitrogens with one attached hydrogen (secondary N) is 1. The Balaban J connectivity index is 2.47. The van der Waals surface area contributed by atoms with Gasteiger partial charge in [0, 0.05) is 22.3 Å². The summed E-state index contributed by atoms with van der Waals surface area (Å²) in [4.78, 5) is 12.7. The zero-order valence-corrected chi connectivity index (χ0v) is 11.2. The minimum Gasteiger partial charge on any atom is -0.330 e. The summed E-state index contributed by atoms with van der Waals surface area (Å²) in [7, 11) is 0. The fraction of sp³-hybridized carbons (Fsp3) is 0.462. The maximum atomic E-state index is 11.5. The molecule has 17 heavy (non-hydrogen) atoms. The number of rotatable bonds is 6. The van der Waals surface area contributed by atoms with Gasteiger partial charge in [-0.25, -0.2) is 0 Å². The second-order valence-corrected chi connectivity index (χ2v) is 5.78. The van der Waals surface area contributed by atoms with E-state index in [1.165, 1.54) is 4.90 Å². The Bertz CT molecular complexity index is 349. The molecule has 0 atom stereocenters. The van der Waals surface area contributed by atoms with Crippen LogP contribution in [0.5, 0.6) is 0 Å². The highest BCUT2D eigenvalue weighted by Gasteiger charge is 2.02. The van der Waals surface area contributed by atoms with Crippen LogP contribution in [0.15, 0.2) is 29.2 Å². The number of benzene rings is 1. The SMILES string of the molecule is CC(C)Sc1ccc(NC(=O)CCCN)cc1. The van der Waals surface area contributed by atoms with Crippen LogP contribution >= 0.6 is 11.8 Å². The summed E-state index contributed by atoms with van der Waals surface area (Å²) in [5, 5.41) is 3.42. The average Bonchev–Trinajstić information content (AvgIpc) is 2.28. The van der Waals surface area contributed by atoms with Gasteiger partial charge in [0.05, 0.1) is 0 Å². The first-order valence-electron chi connectivity index (χ1n) is 5.88. The molecule has 0 bridgehead atoms. The topological polar surface area (TPSA) is 55.1 Å². The van der Waals surface area contributed by atoms with E-state index in [-0.39, 0.29) is 5.91 Å². The minimum absolute atomic E-state index is 0.0275. The molecule has 0 aliphatic rings. The van der Waals surface area contributed by atoms with Gasteiger partial charge in [0.25, 0.3) is 0 Å². The number of thioether (sulfide) groups is 1. The molecular formula is C13H20N2OS. The lowest BCUT2D eigenvalue weighted by Gasteiger charge is -2.07. The molecule has 3 nitrogen and oxygen atoms in total. The first-order valence-corrected chi connectivity index (χ1v) is 6.76. The maximum Gasteiger partial charge on any atom is 0.224 e. The lowest BCUT2D eigenvalue weighted by atomic mass is 10.2. The van der Waals surface area contributed by atoms with E-state index in [4.69, 9.17) is 5.73 Å². The van der Waals surface area contributed by atoms with Crippen molar-refractivity contribution < 1.29 is 4.79 Å². The van der Waals surface area contributed by atoms with Crippen molar-refractivity contribution in [2.24, 2.45) is 5.73 Å². The maximum absolute atomic E-state index is 11.5. The number of carbonyl (C=O) groups excluding carboxylic acids is 1. The third-order valence-corrected chi connectivity index (χ3v) is 3.13. The molecule has 0 spiro atoms. The van der Waals surface area contributed by atoms with E-state index in [9.17, 15) is 4.79 Å². The molecule has 0 aromatic heterocycles. The number of amides is 1. The Morgan fingerprint density at radius 2 is 2.00 bits per heavy atom. The monoisotopic (exact) mass is 252 g/mol. The molecule has 0 aliphatic heterocycles. The zero-order chi connectivity index (χ0) is 12.7. The predicted octanol–water partition coefficient (Wildman–Crippen LogP) is 2.86. The van der Waals surface area contributed by atoms with Crippen molar-refractivity contribution in [2.75, 3.05) is 11.9 Å². The lowest BCUT2D eigenvalue weighted by Crippen LogP contribution is -2.13. The fourth-order valence-electron chi connectivity index (χ4n) is 1.38. The predicted molar refractivity (Wildman–Crippen MR) is 74.4 cm³/mol. The third-order valence-electron chi connectivity index (χ3n) is 2.12. The van der Waals surface area contributed by atoms with Crippen molar-refractivity contribution in [3.8, 4) is 0 Å². The Labute approximate surface area is 107 Å². The molecule has 0 saturated heterocycles. The number of hydrogen-bond donors (Lipinski definition) is 2. The van der Waals surface area contributed by atoms with Crippen LogP contribution in [-0.4, -0.2) is 17.7 Å². The zero-order valence-electron chi connectivity index (χ0n) is 10.4. The second kappa shape index (κ2) is 7.35. The molecule has 3 N–H and O–H groups in total. The van der Waals surface area contributed by atoms with Gasteiger partial charge in [0.2, 0.25) is 5.91 Å². The van der Waals surface area contributed by atoms with E-state index < -0.39 is 0 Å². The average molecular weight is 252 g/mol. The van der Waals surface area contributed by atoms with Gasteiger partial charge in [-0.1, -0.05) is 13.8 Å². The Morgan fingerprint density at radius 3 is 2.53 bits per heavy atom. The molecule has 0 aliphatic carbocycles. The van der Waals surface area contributed by atoms with Crippen molar-refractivity contribution in [1.82, 2.24) is 0 Å². The van der Waals surface area contributed by atoms with Crippen LogP contribution in [0.3, 0.4) is 0 Å². The van der Waals surface area contributed by atoms with Crippen molar-refractivity contribution in [3.05, 3.63) is 24.3 Å². The number of carbonyl (C=O) groups is 1.